The van der Waals surface area contributed by atoms with Crippen LogP contribution in [0.2, 0.25) is 0 Å². The molecule has 3 atom stereocenters. The number of hydrogen-bond donors (Lipinski definition) is 3. The molecular weight excluding hydrogens is 646 g/mol. The van der Waals surface area contributed by atoms with Gasteiger partial charge < -0.3 is 20.1 Å². The normalized spacial score (nSPS) is 14.5. The number of rotatable bonds is 16. The second-order valence-electron chi connectivity index (χ2n) is 10.5. The van der Waals surface area contributed by atoms with Gasteiger partial charge in [-0.2, -0.15) is 13.2 Å². The number of benzene rings is 2. The van der Waals surface area contributed by atoms with E-state index in [-0.39, 0.29) is 24.5 Å². The molecule has 0 spiro atoms. The molecular formula is C28H38BrF4N3O5S. The minimum atomic E-state index is -4.74. The molecule has 0 fully saturated rings. The highest BCUT2D eigenvalue weighted by Gasteiger charge is 2.44. The number of halogens is 5. The standard InChI is InChI=1S/C28H38BrF4N3O5S/c1-6-20(17-34-22-12-11-21(15-24(22)40-4)41-13-14-42(5,38)39)35-26(37)23(16-27(2,3)30)36-25(28(31,32)33)18-7-9-19(29)10-8-18/h7-12,15,20,23,25,34,36H,6,13-14,16-17H2,1-5H3,(H,35,37)/t20-,23-,25-/m0/s1. The van der Waals surface area contributed by atoms with E-state index in [1.54, 1.807) is 25.1 Å². The van der Waals surface area contributed by atoms with Crippen LogP contribution in [0.5, 0.6) is 11.5 Å². The summed E-state index contributed by atoms with van der Waals surface area (Å²) < 4.78 is 90.9. The number of carbonyl (C=O) groups is 1. The number of methoxy groups -OCH3 is 1. The highest BCUT2D eigenvalue weighted by atomic mass is 79.9. The van der Waals surface area contributed by atoms with Crippen LogP contribution in [-0.4, -0.2) is 70.5 Å². The molecule has 0 saturated carbocycles. The monoisotopic (exact) mass is 683 g/mol. The van der Waals surface area contributed by atoms with E-state index in [0.29, 0.717) is 28.1 Å². The quantitative estimate of drug-likeness (QED) is 0.198. The van der Waals surface area contributed by atoms with Crippen molar-refractivity contribution in [3.05, 3.63) is 52.5 Å². The Morgan fingerprint density at radius 2 is 1.71 bits per heavy atom. The van der Waals surface area contributed by atoms with Gasteiger partial charge in [0.25, 0.3) is 0 Å². The molecule has 0 aliphatic rings. The molecule has 0 aromatic heterocycles. The van der Waals surface area contributed by atoms with Crippen molar-refractivity contribution >= 4 is 37.4 Å². The lowest BCUT2D eigenvalue weighted by Crippen LogP contribution is -2.53. The summed E-state index contributed by atoms with van der Waals surface area (Å²) in [6, 6.07) is 6.18. The average molecular weight is 685 g/mol. The van der Waals surface area contributed by atoms with Crippen LogP contribution in [0.3, 0.4) is 0 Å². The van der Waals surface area contributed by atoms with Crippen LogP contribution in [0.15, 0.2) is 46.9 Å². The van der Waals surface area contributed by atoms with Crippen molar-refractivity contribution in [3.8, 4) is 11.5 Å². The van der Waals surface area contributed by atoms with Crippen LogP contribution < -0.4 is 25.4 Å². The van der Waals surface area contributed by atoms with Crippen molar-refractivity contribution in [2.45, 2.75) is 63.6 Å². The summed E-state index contributed by atoms with van der Waals surface area (Å²) in [5, 5.41) is 8.24. The van der Waals surface area contributed by atoms with Gasteiger partial charge in [0.15, 0.2) is 9.84 Å². The van der Waals surface area contributed by atoms with E-state index in [1.165, 1.54) is 45.2 Å². The summed E-state index contributed by atoms with van der Waals surface area (Å²) in [6.07, 6.45) is -3.69. The molecule has 0 aliphatic carbocycles. The first kappa shape index (κ1) is 35.6. The molecule has 2 aromatic carbocycles. The van der Waals surface area contributed by atoms with Gasteiger partial charge in [-0.1, -0.05) is 35.0 Å². The van der Waals surface area contributed by atoms with Crippen LogP contribution in [0.4, 0.5) is 23.2 Å². The summed E-state index contributed by atoms with van der Waals surface area (Å²) in [4.78, 5) is 13.3. The lowest BCUT2D eigenvalue weighted by Gasteiger charge is -2.31. The van der Waals surface area contributed by atoms with Gasteiger partial charge >= 0.3 is 6.18 Å². The fraction of sp³-hybridized carbons (Fsp3) is 0.536. The summed E-state index contributed by atoms with van der Waals surface area (Å²) >= 11 is 3.20. The number of hydrogen-bond acceptors (Lipinski definition) is 7. The van der Waals surface area contributed by atoms with Crippen molar-refractivity contribution in [2.24, 2.45) is 0 Å². The second kappa shape index (κ2) is 15.2. The Hall–Kier alpha value is -2.58. The van der Waals surface area contributed by atoms with Crippen LogP contribution in [0.25, 0.3) is 0 Å². The van der Waals surface area contributed by atoms with Gasteiger partial charge in [-0.15, -0.1) is 0 Å². The van der Waals surface area contributed by atoms with Crippen LogP contribution in [0.1, 0.15) is 45.2 Å². The average Bonchev–Trinajstić information content (AvgIpc) is 2.87. The highest BCUT2D eigenvalue weighted by Crippen LogP contribution is 2.35. The SMILES string of the molecule is CC[C@@H](CNc1ccc(OCCS(C)(=O)=O)cc1OC)NC(=O)[C@H](CC(C)(C)F)N[C@@H](c1ccc(Br)cc1)C(F)(F)F. The predicted molar refractivity (Wildman–Crippen MR) is 159 cm³/mol. The Morgan fingerprint density at radius 3 is 2.24 bits per heavy atom. The summed E-state index contributed by atoms with van der Waals surface area (Å²) in [6.45, 7) is 4.37. The maximum atomic E-state index is 14.7. The third kappa shape index (κ3) is 12.3. The largest absolute Gasteiger partial charge is 0.494 e. The van der Waals surface area contributed by atoms with E-state index < -0.39 is 52.1 Å². The summed E-state index contributed by atoms with van der Waals surface area (Å²) in [7, 11) is -1.74. The molecule has 2 rings (SSSR count). The van der Waals surface area contributed by atoms with E-state index in [4.69, 9.17) is 9.47 Å². The van der Waals surface area contributed by atoms with Crippen LogP contribution >= 0.6 is 15.9 Å². The Bertz CT molecular complexity index is 1270. The first-order valence-corrected chi connectivity index (χ1v) is 16.1. The van der Waals surface area contributed by atoms with Gasteiger partial charge in [0, 0.05) is 35.8 Å². The van der Waals surface area contributed by atoms with Crippen LogP contribution in [-0.2, 0) is 14.6 Å². The fourth-order valence-electron chi connectivity index (χ4n) is 4.00. The molecule has 236 valence electrons. The molecule has 0 radical (unpaired) electrons. The molecule has 1 amide bonds. The topological polar surface area (TPSA) is 106 Å². The molecule has 14 heteroatoms. The highest BCUT2D eigenvalue weighted by molar-refractivity contribution is 9.10. The molecule has 0 saturated heterocycles. The van der Waals surface area contributed by atoms with Gasteiger partial charge in [0.05, 0.1) is 24.6 Å². The molecule has 42 heavy (non-hydrogen) atoms. The van der Waals surface area contributed by atoms with Gasteiger partial charge in [0.1, 0.15) is 29.8 Å². The molecule has 0 aliphatic heterocycles. The van der Waals surface area contributed by atoms with E-state index in [0.717, 1.165) is 6.26 Å². The minimum Gasteiger partial charge on any atom is -0.494 e. The first-order chi connectivity index (χ1) is 19.4. The smallest absolute Gasteiger partial charge is 0.407 e. The van der Waals surface area contributed by atoms with Gasteiger partial charge in [-0.05, 0) is 50.1 Å². The summed E-state index contributed by atoms with van der Waals surface area (Å²) in [5.41, 5.74) is -1.49. The Balaban J connectivity index is 2.15. The van der Waals surface area contributed by atoms with Crippen LogP contribution in [0, 0.1) is 0 Å². The molecule has 8 nitrogen and oxygen atoms in total. The van der Waals surface area contributed by atoms with E-state index in [1.807, 2.05) is 0 Å². The van der Waals surface area contributed by atoms with E-state index in [9.17, 15) is 30.8 Å². The number of sulfone groups is 1. The third-order valence-electron chi connectivity index (χ3n) is 6.18. The van der Waals surface area contributed by atoms with Crippen molar-refractivity contribution in [1.29, 1.82) is 0 Å². The molecule has 0 bridgehead atoms. The number of anilines is 1. The number of amides is 1. The van der Waals surface area contributed by atoms with Crippen molar-refractivity contribution < 1.29 is 40.2 Å². The Kier molecular flexibility index (Phi) is 12.9. The fourth-order valence-corrected chi connectivity index (χ4v) is 4.65. The van der Waals surface area contributed by atoms with E-state index >= 15 is 0 Å². The molecule has 0 unspecified atom stereocenters. The van der Waals surface area contributed by atoms with Gasteiger partial charge in [-0.3, -0.25) is 10.1 Å². The maximum absolute atomic E-state index is 14.7. The second-order valence-corrected chi connectivity index (χ2v) is 13.7. The van der Waals surface area contributed by atoms with Crippen molar-refractivity contribution in [2.75, 3.05) is 37.6 Å². The lowest BCUT2D eigenvalue weighted by molar-refractivity contribution is -0.161. The van der Waals surface area contributed by atoms with E-state index in [2.05, 4.69) is 31.9 Å². The zero-order chi connectivity index (χ0) is 31.7. The number of nitrogens with one attached hydrogen (secondary N) is 3. The zero-order valence-corrected chi connectivity index (χ0v) is 26.6. The number of alkyl halides is 4. The third-order valence-corrected chi connectivity index (χ3v) is 7.62. The molecule has 0 heterocycles. The van der Waals surface area contributed by atoms with Gasteiger partial charge in [-0.25, -0.2) is 12.8 Å². The Morgan fingerprint density at radius 1 is 1.07 bits per heavy atom. The van der Waals surface area contributed by atoms with Gasteiger partial charge in [0.2, 0.25) is 5.91 Å². The first-order valence-electron chi connectivity index (χ1n) is 13.2. The summed E-state index contributed by atoms with van der Waals surface area (Å²) in [5.74, 6) is -0.110. The Labute approximate surface area is 253 Å². The lowest BCUT2D eigenvalue weighted by atomic mass is 9.97. The maximum Gasteiger partial charge on any atom is 0.407 e. The minimum absolute atomic E-state index is 0.0272. The molecule has 2 aromatic rings. The number of ether oxygens (including phenoxy) is 2. The molecule has 3 N–H and O–H groups in total. The van der Waals surface area contributed by atoms with Crippen molar-refractivity contribution in [1.82, 2.24) is 10.6 Å². The van der Waals surface area contributed by atoms with Crippen molar-refractivity contribution in [3.63, 3.8) is 0 Å². The number of carbonyl (C=O) groups excluding carboxylic acids is 1. The zero-order valence-electron chi connectivity index (χ0n) is 24.1. The predicted octanol–water partition coefficient (Wildman–Crippen LogP) is 5.59.